The Morgan fingerprint density at radius 3 is 2.84 bits per heavy atom. The molecule has 0 saturated carbocycles. The predicted octanol–water partition coefficient (Wildman–Crippen LogP) is 3.14. The van der Waals surface area contributed by atoms with Crippen molar-refractivity contribution in [1.29, 1.82) is 0 Å². The summed E-state index contributed by atoms with van der Waals surface area (Å²) in [5.74, 6) is -0.177. The molecule has 1 amide bonds. The summed E-state index contributed by atoms with van der Waals surface area (Å²) in [7, 11) is 0. The van der Waals surface area contributed by atoms with Crippen LogP contribution in [0.3, 0.4) is 0 Å². The summed E-state index contributed by atoms with van der Waals surface area (Å²) < 4.78 is 26.7. The second-order valence-electron chi connectivity index (χ2n) is 8.39. The van der Waals surface area contributed by atoms with Crippen LogP contribution in [0.2, 0.25) is 0 Å². The number of halogens is 2. The second-order valence-corrected chi connectivity index (χ2v) is 8.39. The molecule has 0 spiro atoms. The van der Waals surface area contributed by atoms with E-state index in [9.17, 15) is 13.6 Å². The smallest absolute Gasteiger partial charge is 0.222 e. The first-order chi connectivity index (χ1) is 15.1. The monoisotopic (exact) mass is 435 g/mol. The van der Waals surface area contributed by atoms with E-state index < -0.39 is 11.6 Å². The Kier molecular flexibility index (Phi) is 8.91. The van der Waals surface area contributed by atoms with Crippen LogP contribution in [0.25, 0.3) is 0 Å². The fraction of sp³-hybridized carbons (Fsp3) is 0.652. The summed E-state index contributed by atoms with van der Waals surface area (Å²) in [6.45, 7) is 7.53. The molecular formula is C23H35F2N5O. The Balaban J connectivity index is 1.42. The molecule has 0 bridgehead atoms. The van der Waals surface area contributed by atoms with Gasteiger partial charge in [0.2, 0.25) is 5.91 Å². The molecule has 1 unspecified atom stereocenters. The molecule has 2 fully saturated rings. The van der Waals surface area contributed by atoms with Gasteiger partial charge in [-0.1, -0.05) is 6.42 Å². The van der Waals surface area contributed by atoms with Gasteiger partial charge in [0.15, 0.2) is 17.6 Å². The van der Waals surface area contributed by atoms with E-state index in [2.05, 4.69) is 15.5 Å². The third-order valence-corrected chi connectivity index (χ3v) is 5.97. The van der Waals surface area contributed by atoms with Crippen LogP contribution >= 0.6 is 0 Å². The molecule has 1 aromatic rings. The third-order valence-electron chi connectivity index (χ3n) is 5.97. The average molecular weight is 436 g/mol. The molecule has 3 rings (SSSR count). The maximum Gasteiger partial charge on any atom is 0.222 e. The molecule has 6 nitrogen and oxygen atoms in total. The molecule has 172 valence electrons. The fourth-order valence-corrected chi connectivity index (χ4v) is 4.21. The van der Waals surface area contributed by atoms with Crippen molar-refractivity contribution in [3.63, 3.8) is 0 Å². The molecule has 0 aromatic heterocycles. The van der Waals surface area contributed by atoms with Crippen molar-refractivity contribution in [2.45, 2.75) is 45.4 Å². The maximum absolute atomic E-state index is 13.5. The van der Waals surface area contributed by atoms with E-state index in [-0.39, 0.29) is 5.91 Å². The van der Waals surface area contributed by atoms with Crippen LogP contribution < -0.4 is 15.5 Å². The normalized spacial score (nSPS) is 20.2. The Bertz CT molecular complexity index is 757. The van der Waals surface area contributed by atoms with Gasteiger partial charge in [-0.3, -0.25) is 9.79 Å². The first-order valence-electron chi connectivity index (χ1n) is 11.6. The lowest BCUT2D eigenvalue weighted by molar-refractivity contribution is -0.130. The number of anilines is 1. The van der Waals surface area contributed by atoms with E-state index in [0.29, 0.717) is 18.9 Å². The van der Waals surface area contributed by atoms with Gasteiger partial charge in [0.25, 0.3) is 0 Å². The average Bonchev–Trinajstić information content (AvgIpc) is 3.14. The molecule has 2 aliphatic heterocycles. The number of likely N-dealkylation sites (tertiary alicyclic amines) is 1. The van der Waals surface area contributed by atoms with Gasteiger partial charge in [0, 0.05) is 64.0 Å². The van der Waals surface area contributed by atoms with Crippen LogP contribution in [0, 0.1) is 17.6 Å². The van der Waals surface area contributed by atoms with E-state index in [4.69, 9.17) is 4.99 Å². The van der Waals surface area contributed by atoms with Crippen LogP contribution in [-0.4, -0.2) is 62.6 Å². The molecule has 8 heteroatoms. The van der Waals surface area contributed by atoms with E-state index >= 15 is 0 Å². The molecule has 2 saturated heterocycles. The molecule has 1 aromatic carbocycles. The Morgan fingerprint density at radius 2 is 2.03 bits per heavy atom. The van der Waals surface area contributed by atoms with Crippen LogP contribution in [0.4, 0.5) is 14.5 Å². The van der Waals surface area contributed by atoms with Gasteiger partial charge >= 0.3 is 0 Å². The number of nitrogens with zero attached hydrogens (tertiary/aromatic N) is 3. The van der Waals surface area contributed by atoms with Gasteiger partial charge in [0.05, 0.1) is 0 Å². The standard InChI is InChI=1S/C23H35F2N5O/c1-2-26-23(27-11-6-13-29-12-5-3-4-7-22(29)31)28-16-18-10-14-30(17-18)19-8-9-20(24)21(25)15-19/h8-9,15,18H,2-7,10-14,16-17H2,1H3,(H2,26,27,28). The highest BCUT2D eigenvalue weighted by atomic mass is 19.2. The highest BCUT2D eigenvalue weighted by Crippen LogP contribution is 2.25. The molecule has 0 aliphatic carbocycles. The minimum Gasteiger partial charge on any atom is -0.371 e. The van der Waals surface area contributed by atoms with Crippen molar-refractivity contribution in [3.8, 4) is 0 Å². The Morgan fingerprint density at radius 1 is 1.16 bits per heavy atom. The summed E-state index contributed by atoms with van der Waals surface area (Å²) in [6, 6.07) is 4.08. The molecule has 0 radical (unpaired) electrons. The zero-order valence-corrected chi connectivity index (χ0v) is 18.5. The topological polar surface area (TPSA) is 60.0 Å². The summed E-state index contributed by atoms with van der Waals surface area (Å²) in [5, 5.41) is 6.64. The van der Waals surface area contributed by atoms with Gasteiger partial charge in [-0.25, -0.2) is 8.78 Å². The van der Waals surface area contributed by atoms with Gasteiger partial charge in [-0.05, 0) is 50.7 Å². The van der Waals surface area contributed by atoms with E-state index in [0.717, 1.165) is 83.0 Å². The SMILES string of the molecule is CCNC(=NCC1CCN(c2ccc(F)c(F)c2)C1)NCCCN1CCCCCC1=O. The molecule has 31 heavy (non-hydrogen) atoms. The minimum absolute atomic E-state index is 0.282. The predicted molar refractivity (Wildman–Crippen MR) is 120 cm³/mol. The van der Waals surface area contributed by atoms with Crippen molar-refractivity contribution in [1.82, 2.24) is 15.5 Å². The number of carbonyl (C=O) groups is 1. The number of aliphatic imine (C=N–C) groups is 1. The summed E-state index contributed by atoms with van der Waals surface area (Å²) in [5.41, 5.74) is 0.721. The van der Waals surface area contributed by atoms with E-state index in [1.54, 1.807) is 6.07 Å². The van der Waals surface area contributed by atoms with Gasteiger partial charge < -0.3 is 20.4 Å². The molecule has 1 atom stereocenters. The van der Waals surface area contributed by atoms with Crippen LogP contribution in [0.5, 0.6) is 0 Å². The zero-order valence-electron chi connectivity index (χ0n) is 18.5. The lowest BCUT2D eigenvalue weighted by atomic mass is 10.1. The van der Waals surface area contributed by atoms with Crippen LogP contribution in [-0.2, 0) is 4.79 Å². The zero-order chi connectivity index (χ0) is 22.1. The van der Waals surface area contributed by atoms with Crippen molar-refractivity contribution in [2.24, 2.45) is 10.9 Å². The minimum atomic E-state index is -0.814. The maximum atomic E-state index is 13.5. The summed E-state index contributed by atoms with van der Waals surface area (Å²) in [4.78, 5) is 20.9. The lowest BCUT2D eigenvalue weighted by Gasteiger charge is -2.21. The van der Waals surface area contributed by atoms with Crippen molar-refractivity contribution in [3.05, 3.63) is 29.8 Å². The number of benzene rings is 1. The molecule has 2 N–H and O–H groups in total. The number of nitrogens with one attached hydrogen (secondary N) is 2. The van der Waals surface area contributed by atoms with Gasteiger partial charge in [-0.15, -0.1) is 0 Å². The quantitative estimate of drug-likeness (QED) is 0.374. The largest absolute Gasteiger partial charge is 0.371 e. The summed E-state index contributed by atoms with van der Waals surface area (Å²) in [6.07, 6.45) is 5.81. The first kappa shape index (κ1) is 23.3. The Labute approximate surface area is 184 Å². The number of amides is 1. The Hall–Kier alpha value is -2.38. The number of carbonyl (C=O) groups excluding carboxylic acids is 1. The van der Waals surface area contributed by atoms with Crippen molar-refractivity contribution in [2.75, 3.05) is 50.7 Å². The number of guanidine groups is 1. The highest BCUT2D eigenvalue weighted by molar-refractivity contribution is 5.79. The molecule has 2 heterocycles. The fourth-order valence-electron chi connectivity index (χ4n) is 4.21. The van der Waals surface area contributed by atoms with Crippen LogP contribution in [0.15, 0.2) is 23.2 Å². The number of rotatable bonds is 8. The highest BCUT2D eigenvalue weighted by Gasteiger charge is 2.23. The third kappa shape index (κ3) is 7.08. The summed E-state index contributed by atoms with van der Waals surface area (Å²) >= 11 is 0. The van der Waals surface area contributed by atoms with E-state index in [1.807, 2.05) is 11.8 Å². The lowest BCUT2D eigenvalue weighted by Crippen LogP contribution is -2.39. The van der Waals surface area contributed by atoms with Crippen molar-refractivity contribution >= 4 is 17.6 Å². The van der Waals surface area contributed by atoms with Crippen LogP contribution in [0.1, 0.15) is 45.4 Å². The van der Waals surface area contributed by atoms with Gasteiger partial charge in [-0.2, -0.15) is 0 Å². The van der Waals surface area contributed by atoms with Crippen molar-refractivity contribution < 1.29 is 13.6 Å². The van der Waals surface area contributed by atoms with E-state index in [1.165, 1.54) is 12.1 Å². The first-order valence-corrected chi connectivity index (χ1v) is 11.6. The number of hydrogen-bond acceptors (Lipinski definition) is 3. The second kappa shape index (κ2) is 11.9. The molecular weight excluding hydrogens is 400 g/mol. The van der Waals surface area contributed by atoms with Gasteiger partial charge in [0.1, 0.15) is 0 Å². The molecule has 2 aliphatic rings. The number of hydrogen-bond donors (Lipinski definition) is 2.